The molecule has 0 saturated carbocycles. The van der Waals surface area contributed by atoms with Crippen molar-refractivity contribution in [1.29, 1.82) is 0 Å². The van der Waals surface area contributed by atoms with Crippen molar-refractivity contribution in [2.75, 3.05) is 19.0 Å². The Morgan fingerprint density at radius 2 is 2.58 bits per heavy atom. The van der Waals surface area contributed by atoms with Gasteiger partial charge in [0.25, 0.3) is 0 Å². The van der Waals surface area contributed by atoms with Crippen LogP contribution in [0.1, 0.15) is 6.92 Å². The van der Waals surface area contributed by atoms with Gasteiger partial charge in [-0.2, -0.15) is 5.10 Å². The number of H-pyrrole nitrogens is 1. The molecule has 0 atom stereocenters. The van der Waals surface area contributed by atoms with Crippen LogP contribution >= 0.6 is 11.8 Å². The summed E-state index contributed by atoms with van der Waals surface area (Å²) >= 11 is 1.70. The molecule has 1 aromatic rings. The minimum Gasteiger partial charge on any atom is -0.380 e. The minimum absolute atomic E-state index is 0.345. The van der Waals surface area contributed by atoms with Crippen LogP contribution in [0.15, 0.2) is 11.5 Å². The van der Waals surface area contributed by atoms with Gasteiger partial charge in [-0.15, -0.1) is 0 Å². The highest BCUT2D eigenvalue weighted by molar-refractivity contribution is 7.99. The summed E-state index contributed by atoms with van der Waals surface area (Å²) in [4.78, 5) is 4.03. The third kappa shape index (κ3) is 1.61. The molecule has 66 valence electrons. The van der Waals surface area contributed by atoms with Gasteiger partial charge in [0.2, 0.25) is 0 Å². The maximum Gasteiger partial charge on any atom is 0.183 e. The van der Waals surface area contributed by atoms with E-state index in [2.05, 4.69) is 22.1 Å². The molecule has 0 bridgehead atoms. The van der Waals surface area contributed by atoms with Crippen LogP contribution in [-0.4, -0.2) is 34.1 Å². The standard InChI is InChI=1S/C7H11N3OS/c1-7(2-11-3-7)4-12-6-8-5-9-10-6/h5H,2-4H2,1H3,(H,8,9,10). The number of nitrogens with one attached hydrogen (secondary N) is 1. The Kier molecular flexibility index (Phi) is 2.06. The summed E-state index contributed by atoms with van der Waals surface area (Å²) in [6, 6.07) is 0. The minimum atomic E-state index is 0.345. The van der Waals surface area contributed by atoms with E-state index in [0.717, 1.165) is 24.1 Å². The Morgan fingerprint density at radius 3 is 3.08 bits per heavy atom. The summed E-state index contributed by atoms with van der Waals surface area (Å²) in [5.41, 5.74) is 0.345. The van der Waals surface area contributed by atoms with Gasteiger partial charge in [-0.1, -0.05) is 18.7 Å². The second-order valence-electron chi connectivity index (χ2n) is 3.38. The molecule has 1 aromatic heterocycles. The topological polar surface area (TPSA) is 50.8 Å². The lowest BCUT2D eigenvalue weighted by Crippen LogP contribution is -2.41. The summed E-state index contributed by atoms with van der Waals surface area (Å²) in [5.74, 6) is 1.04. The Balaban J connectivity index is 1.82. The fourth-order valence-corrected chi connectivity index (χ4v) is 1.93. The number of rotatable bonds is 3. The van der Waals surface area contributed by atoms with Gasteiger partial charge in [0.1, 0.15) is 6.33 Å². The highest BCUT2D eigenvalue weighted by Gasteiger charge is 2.33. The zero-order chi connectivity index (χ0) is 8.44. The number of thioether (sulfide) groups is 1. The van der Waals surface area contributed by atoms with E-state index in [1.54, 1.807) is 11.8 Å². The maximum absolute atomic E-state index is 5.15. The lowest BCUT2D eigenvalue weighted by Gasteiger charge is -2.37. The van der Waals surface area contributed by atoms with Crippen molar-refractivity contribution in [3.8, 4) is 0 Å². The normalized spacial score (nSPS) is 20.4. The average molecular weight is 185 g/mol. The highest BCUT2D eigenvalue weighted by Crippen LogP contribution is 2.32. The predicted molar refractivity (Wildman–Crippen MR) is 46.0 cm³/mol. The van der Waals surface area contributed by atoms with Gasteiger partial charge < -0.3 is 4.74 Å². The summed E-state index contributed by atoms with van der Waals surface area (Å²) in [5, 5.41) is 7.49. The van der Waals surface area contributed by atoms with Crippen LogP contribution in [0.25, 0.3) is 0 Å². The Morgan fingerprint density at radius 1 is 1.75 bits per heavy atom. The first-order valence-electron chi connectivity index (χ1n) is 3.84. The van der Waals surface area contributed by atoms with Crippen molar-refractivity contribution in [2.45, 2.75) is 12.1 Å². The van der Waals surface area contributed by atoms with Crippen LogP contribution in [-0.2, 0) is 4.74 Å². The van der Waals surface area contributed by atoms with Crippen molar-refractivity contribution in [3.63, 3.8) is 0 Å². The van der Waals surface area contributed by atoms with Crippen molar-refractivity contribution in [1.82, 2.24) is 15.2 Å². The van der Waals surface area contributed by atoms with E-state index in [1.807, 2.05) is 0 Å². The molecule has 0 unspecified atom stereocenters. The van der Waals surface area contributed by atoms with Crippen LogP contribution < -0.4 is 0 Å². The predicted octanol–water partition coefficient (Wildman–Crippen LogP) is 0.933. The van der Waals surface area contributed by atoms with Crippen molar-refractivity contribution in [3.05, 3.63) is 6.33 Å². The van der Waals surface area contributed by atoms with E-state index in [-0.39, 0.29) is 0 Å². The first kappa shape index (κ1) is 8.07. The number of nitrogens with zero attached hydrogens (tertiary/aromatic N) is 2. The largest absolute Gasteiger partial charge is 0.380 e. The van der Waals surface area contributed by atoms with Crippen molar-refractivity contribution in [2.24, 2.45) is 5.41 Å². The first-order chi connectivity index (χ1) is 5.79. The van der Waals surface area contributed by atoms with Crippen molar-refractivity contribution < 1.29 is 4.74 Å². The van der Waals surface area contributed by atoms with Gasteiger partial charge in [-0.3, -0.25) is 5.10 Å². The maximum atomic E-state index is 5.15. The van der Waals surface area contributed by atoms with Gasteiger partial charge >= 0.3 is 0 Å². The fraction of sp³-hybridized carbons (Fsp3) is 0.714. The van der Waals surface area contributed by atoms with Crippen molar-refractivity contribution >= 4 is 11.8 Å². The molecule has 1 saturated heterocycles. The number of aromatic nitrogens is 3. The zero-order valence-electron chi connectivity index (χ0n) is 6.91. The molecular weight excluding hydrogens is 174 g/mol. The molecule has 0 amide bonds. The van der Waals surface area contributed by atoms with Crippen LogP contribution in [0, 0.1) is 5.41 Å². The molecule has 0 radical (unpaired) electrons. The van der Waals surface area contributed by atoms with E-state index in [4.69, 9.17) is 4.74 Å². The van der Waals surface area contributed by atoms with E-state index in [0.29, 0.717) is 5.41 Å². The highest BCUT2D eigenvalue weighted by atomic mass is 32.2. The lowest BCUT2D eigenvalue weighted by atomic mass is 9.92. The zero-order valence-corrected chi connectivity index (χ0v) is 7.73. The third-order valence-electron chi connectivity index (χ3n) is 1.85. The molecule has 1 aliphatic heterocycles. The van der Waals surface area contributed by atoms with Crippen LogP contribution in [0.3, 0.4) is 0 Å². The number of ether oxygens (including phenoxy) is 1. The fourth-order valence-electron chi connectivity index (χ4n) is 1.04. The molecule has 5 heteroatoms. The monoisotopic (exact) mass is 185 g/mol. The van der Waals surface area contributed by atoms with Gasteiger partial charge in [0, 0.05) is 11.2 Å². The lowest BCUT2D eigenvalue weighted by molar-refractivity contribution is -0.0861. The molecule has 0 aromatic carbocycles. The van der Waals surface area contributed by atoms with Gasteiger partial charge in [-0.05, 0) is 0 Å². The summed E-state index contributed by atoms with van der Waals surface area (Å²) in [6.07, 6.45) is 1.53. The number of aromatic amines is 1. The summed E-state index contributed by atoms with van der Waals surface area (Å²) in [6.45, 7) is 3.96. The molecule has 1 fully saturated rings. The Bertz CT molecular complexity index is 245. The third-order valence-corrected chi connectivity index (χ3v) is 3.16. The van der Waals surface area contributed by atoms with E-state index in [9.17, 15) is 0 Å². The second kappa shape index (κ2) is 3.06. The van der Waals surface area contributed by atoms with E-state index in [1.165, 1.54) is 6.33 Å². The Labute approximate surface area is 75.1 Å². The Hall–Kier alpha value is -0.550. The molecular formula is C7H11N3OS. The smallest absolute Gasteiger partial charge is 0.183 e. The molecule has 12 heavy (non-hydrogen) atoms. The number of hydrogen-bond donors (Lipinski definition) is 1. The summed E-state index contributed by atoms with van der Waals surface area (Å²) in [7, 11) is 0. The second-order valence-corrected chi connectivity index (χ2v) is 4.35. The molecule has 1 N–H and O–H groups in total. The number of hydrogen-bond acceptors (Lipinski definition) is 4. The van der Waals surface area contributed by atoms with Crippen LogP contribution in [0.4, 0.5) is 0 Å². The average Bonchev–Trinajstić information content (AvgIpc) is 2.49. The van der Waals surface area contributed by atoms with Gasteiger partial charge in [-0.25, -0.2) is 4.98 Å². The quantitative estimate of drug-likeness (QED) is 0.712. The molecule has 4 nitrogen and oxygen atoms in total. The van der Waals surface area contributed by atoms with Gasteiger partial charge in [0.15, 0.2) is 5.16 Å². The first-order valence-corrected chi connectivity index (χ1v) is 4.83. The molecule has 1 aliphatic rings. The SMILES string of the molecule is CC1(CSc2ncn[nH]2)COC1. The van der Waals surface area contributed by atoms with Crippen LogP contribution in [0.5, 0.6) is 0 Å². The van der Waals surface area contributed by atoms with Gasteiger partial charge in [0.05, 0.1) is 13.2 Å². The summed E-state index contributed by atoms with van der Waals surface area (Å²) < 4.78 is 5.15. The molecule has 0 spiro atoms. The molecule has 2 rings (SSSR count). The van der Waals surface area contributed by atoms with E-state index >= 15 is 0 Å². The molecule has 0 aliphatic carbocycles. The van der Waals surface area contributed by atoms with Crippen LogP contribution in [0.2, 0.25) is 0 Å². The molecule has 2 heterocycles. The van der Waals surface area contributed by atoms with E-state index < -0.39 is 0 Å².